The molecule has 0 aromatic carbocycles. The first-order valence-corrected chi connectivity index (χ1v) is 5.12. The van der Waals surface area contributed by atoms with Gasteiger partial charge in [0, 0.05) is 6.92 Å². The third kappa shape index (κ3) is 3.39. The molecule has 14 heavy (non-hydrogen) atoms. The van der Waals surface area contributed by atoms with Gasteiger partial charge >= 0.3 is 0 Å². The van der Waals surface area contributed by atoms with Gasteiger partial charge in [0.05, 0.1) is 12.1 Å². The minimum Gasteiger partial charge on any atom is -0.390 e. The van der Waals surface area contributed by atoms with E-state index in [2.05, 4.69) is 0 Å². The number of likely N-dealkylation sites (tertiary alicyclic amines) is 1. The zero-order valence-electron chi connectivity index (χ0n) is 8.99. The smallest absolute Gasteiger partial charge is 0.151 e. The Hall–Kier alpha value is -0.410. The van der Waals surface area contributed by atoms with Crippen molar-refractivity contribution in [2.45, 2.75) is 32.3 Å². The van der Waals surface area contributed by atoms with Crippen molar-refractivity contribution in [3.63, 3.8) is 0 Å². The zero-order valence-corrected chi connectivity index (χ0v) is 8.99. The molecule has 1 aliphatic rings. The van der Waals surface area contributed by atoms with Crippen LogP contribution in [0.3, 0.4) is 0 Å². The van der Waals surface area contributed by atoms with Crippen LogP contribution < -0.4 is 0 Å². The first-order chi connectivity index (χ1) is 6.39. The quantitative estimate of drug-likeness (QED) is 0.726. The summed E-state index contributed by atoms with van der Waals surface area (Å²) in [7, 11) is 0. The van der Waals surface area contributed by atoms with E-state index in [-0.39, 0.29) is 5.78 Å². The van der Waals surface area contributed by atoms with E-state index >= 15 is 0 Å². The molecule has 80 valence electrons. The molecule has 0 aliphatic carbocycles. The van der Waals surface area contributed by atoms with Crippen LogP contribution in [0.2, 0.25) is 0 Å². The lowest BCUT2D eigenvalue weighted by atomic mass is 9.83. The summed E-state index contributed by atoms with van der Waals surface area (Å²) in [6, 6.07) is 0. The minimum absolute atomic E-state index is 0.272. The molecule has 0 atom stereocenters. The normalized spacial score (nSPS) is 21.1. The van der Waals surface area contributed by atoms with Crippen LogP contribution in [-0.2, 0) is 4.79 Å². The molecule has 2 radical (unpaired) electrons. The van der Waals surface area contributed by atoms with Gasteiger partial charge in [-0.15, -0.1) is 0 Å². The van der Waals surface area contributed by atoms with Gasteiger partial charge in [-0.3, -0.25) is 9.69 Å². The van der Waals surface area contributed by atoms with E-state index in [0.29, 0.717) is 12.5 Å². The van der Waals surface area contributed by atoms with Crippen molar-refractivity contribution in [2.24, 2.45) is 5.92 Å². The lowest BCUT2D eigenvalue weighted by Crippen LogP contribution is -2.43. The predicted molar refractivity (Wildman–Crippen MR) is 54.8 cm³/mol. The molecular formula is C11H19NO2. The highest BCUT2D eigenvalue weighted by molar-refractivity contribution is 5.84. The number of Topliss-reactive ketones (excluding diaryl/α,β-unsaturated/α-hetero) is 1. The van der Waals surface area contributed by atoms with Gasteiger partial charge in [0.1, 0.15) is 0 Å². The summed E-state index contributed by atoms with van der Waals surface area (Å²) in [5, 5.41) is 9.80. The number of carbonyl (C=O) groups is 1. The van der Waals surface area contributed by atoms with Crippen LogP contribution in [0, 0.1) is 12.8 Å². The number of ketones is 1. The van der Waals surface area contributed by atoms with Crippen molar-refractivity contribution in [3.8, 4) is 0 Å². The molecule has 0 unspecified atom stereocenters. The first kappa shape index (κ1) is 11.7. The molecule has 0 saturated carbocycles. The van der Waals surface area contributed by atoms with E-state index in [1.807, 2.05) is 18.7 Å². The third-order valence-electron chi connectivity index (χ3n) is 2.97. The van der Waals surface area contributed by atoms with Gasteiger partial charge in [-0.05, 0) is 45.7 Å². The van der Waals surface area contributed by atoms with Crippen LogP contribution >= 0.6 is 0 Å². The molecule has 1 N–H and O–H groups in total. The molecule has 1 aliphatic heterocycles. The maximum atomic E-state index is 10.7. The number of hydrogen-bond donors (Lipinski definition) is 1. The van der Waals surface area contributed by atoms with Gasteiger partial charge in [0.25, 0.3) is 0 Å². The molecule has 3 nitrogen and oxygen atoms in total. The van der Waals surface area contributed by atoms with Crippen LogP contribution in [0.5, 0.6) is 0 Å². The van der Waals surface area contributed by atoms with Gasteiger partial charge in [-0.2, -0.15) is 0 Å². The molecule has 0 aromatic rings. The Bertz CT molecular complexity index is 200. The molecule has 1 saturated heterocycles. The molecular weight excluding hydrogens is 178 g/mol. The molecule has 0 spiro atoms. The van der Waals surface area contributed by atoms with Crippen molar-refractivity contribution in [2.75, 3.05) is 19.6 Å². The fourth-order valence-electron chi connectivity index (χ4n) is 2.02. The average Bonchev–Trinajstić information content (AvgIpc) is 2.02. The van der Waals surface area contributed by atoms with E-state index in [4.69, 9.17) is 6.92 Å². The summed E-state index contributed by atoms with van der Waals surface area (Å²) in [6.07, 6.45) is 1.88. The fourth-order valence-corrected chi connectivity index (χ4v) is 2.02. The number of rotatable bonds is 3. The number of carbonyl (C=O) groups excluding carboxylic acids is 1. The van der Waals surface area contributed by atoms with Crippen LogP contribution in [0.15, 0.2) is 0 Å². The monoisotopic (exact) mass is 197 g/mol. The number of nitrogens with zero attached hydrogens (tertiary/aromatic N) is 1. The van der Waals surface area contributed by atoms with Gasteiger partial charge in [-0.25, -0.2) is 0 Å². The fraction of sp³-hybridized carbons (Fsp3) is 0.818. The van der Waals surface area contributed by atoms with Crippen molar-refractivity contribution in [1.29, 1.82) is 0 Å². The van der Waals surface area contributed by atoms with Gasteiger partial charge in [-0.1, -0.05) is 0 Å². The van der Waals surface area contributed by atoms with Crippen LogP contribution in [0.1, 0.15) is 26.7 Å². The summed E-state index contributed by atoms with van der Waals surface area (Å²) >= 11 is 0. The highest BCUT2D eigenvalue weighted by Gasteiger charge is 2.30. The number of aliphatic hydroxyl groups is 1. The minimum atomic E-state index is -0.598. The number of hydrogen-bond acceptors (Lipinski definition) is 3. The van der Waals surface area contributed by atoms with Crippen LogP contribution in [0.25, 0.3) is 0 Å². The van der Waals surface area contributed by atoms with E-state index in [0.717, 1.165) is 25.9 Å². The van der Waals surface area contributed by atoms with E-state index in [1.54, 1.807) is 0 Å². The Morgan fingerprint density at radius 1 is 1.50 bits per heavy atom. The largest absolute Gasteiger partial charge is 0.390 e. The maximum Gasteiger partial charge on any atom is 0.151 e. The molecule has 1 heterocycles. The predicted octanol–water partition coefficient (Wildman–Crippen LogP) is 0.749. The van der Waals surface area contributed by atoms with E-state index in [1.165, 1.54) is 0 Å². The van der Waals surface area contributed by atoms with Crippen LogP contribution in [0.4, 0.5) is 0 Å². The molecule has 3 heteroatoms. The lowest BCUT2D eigenvalue weighted by Gasteiger charge is -2.37. The summed E-state index contributed by atoms with van der Waals surface area (Å²) in [6.45, 7) is 10.9. The van der Waals surface area contributed by atoms with Gasteiger partial charge in [0.15, 0.2) is 5.78 Å². The topological polar surface area (TPSA) is 40.5 Å². The second kappa shape index (κ2) is 4.41. The third-order valence-corrected chi connectivity index (χ3v) is 2.97. The highest BCUT2D eigenvalue weighted by Crippen LogP contribution is 2.27. The van der Waals surface area contributed by atoms with Crippen molar-refractivity contribution >= 4 is 5.78 Å². The molecule has 0 aromatic heterocycles. The molecule has 1 fully saturated rings. The summed E-state index contributed by atoms with van der Waals surface area (Å²) < 4.78 is 0. The Balaban J connectivity index is 2.35. The first-order valence-electron chi connectivity index (χ1n) is 5.12. The summed E-state index contributed by atoms with van der Waals surface area (Å²) in [4.78, 5) is 12.7. The summed E-state index contributed by atoms with van der Waals surface area (Å²) in [5.41, 5.74) is -0.598. The van der Waals surface area contributed by atoms with Gasteiger partial charge < -0.3 is 5.11 Å². The Labute approximate surface area is 86.1 Å². The lowest BCUT2D eigenvalue weighted by molar-refractivity contribution is -0.116. The maximum absolute atomic E-state index is 10.7. The molecule has 0 amide bonds. The highest BCUT2D eigenvalue weighted by atomic mass is 16.3. The van der Waals surface area contributed by atoms with Crippen molar-refractivity contribution in [1.82, 2.24) is 4.90 Å². The molecule has 1 rings (SSSR count). The van der Waals surface area contributed by atoms with Crippen molar-refractivity contribution in [3.05, 3.63) is 6.92 Å². The second-order valence-corrected chi connectivity index (χ2v) is 4.67. The van der Waals surface area contributed by atoms with Crippen LogP contribution in [-0.4, -0.2) is 41.0 Å². The zero-order chi connectivity index (χ0) is 10.8. The summed E-state index contributed by atoms with van der Waals surface area (Å²) in [5.74, 6) is 0.0679. The second-order valence-electron chi connectivity index (χ2n) is 4.67. The number of piperidine rings is 1. The molecule has 0 bridgehead atoms. The van der Waals surface area contributed by atoms with E-state index in [9.17, 15) is 9.90 Å². The van der Waals surface area contributed by atoms with Crippen molar-refractivity contribution < 1.29 is 9.90 Å². The van der Waals surface area contributed by atoms with Gasteiger partial charge in [0.2, 0.25) is 0 Å². The standard InChI is InChI=1S/C11H19NO2/c1-9(13)8-12-6-4-10(5-7-12)11(2,3)14/h1,10,14H,4-8H2,2-3H3. The average molecular weight is 197 g/mol. The van der Waals surface area contributed by atoms with E-state index < -0.39 is 5.60 Å². The Morgan fingerprint density at radius 3 is 2.36 bits per heavy atom. The Morgan fingerprint density at radius 2 is 2.00 bits per heavy atom. The Kier molecular flexibility index (Phi) is 3.67. The SMILES string of the molecule is [CH]C(=O)CN1CCC(C(C)(C)O)CC1.